The number of aromatic nitrogens is 1. The van der Waals surface area contributed by atoms with Crippen molar-refractivity contribution >= 4 is 17.2 Å². The first kappa shape index (κ1) is 17.4. The maximum atomic E-state index is 5.66. The number of pyridine rings is 1. The lowest BCUT2D eigenvalue weighted by atomic mass is 9.96. The van der Waals surface area contributed by atoms with E-state index in [0.29, 0.717) is 5.41 Å². The summed E-state index contributed by atoms with van der Waals surface area (Å²) in [6.45, 7) is 16.5. The molecule has 122 valence electrons. The number of piperazine rings is 1. The van der Waals surface area contributed by atoms with Gasteiger partial charge in [-0.1, -0.05) is 33.0 Å². The van der Waals surface area contributed by atoms with E-state index < -0.39 is 0 Å². The van der Waals surface area contributed by atoms with Crippen LogP contribution in [0.15, 0.2) is 12.1 Å². The first-order chi connectivity index (χ1) is 10.2. The van der Waals surface area contributed by atoms with Crippen LogP contribution < -0.4 is 0 Å². The summed E-state index contributed by atoms with van der Waals surface area (Å²) >= 11 is 5.66. The third-order valence-electron chi connectivity index (χ3n) is 3.91. The van der Waals surface area contributed by atoms with Crippen LogP contribution in [0, 0.1) is 19.3 Å². The van der Waals surface area contributed by atoms with Gasteiger partial charge in [-0.15, -0.1) is 0 Å². The molecule has 2 heterocycles. The van der Waals surface area contributed by atoms with Gasteiger partial charge in [0.05, 0.1) is 4.99 Å². The molecule has 2 rings (SSSR count). The van der Waals surface area contributed by atoms with Crippen molar-refractivity contribution in [2.45, 2.75) is 41.0 Å². The molecular formula is C18H29N3S. The minimum absolute atomic E-state index is 0.367. The molecule has 0 atom stereocenters. The molecule has 0 bridgehead atoms. The number of hydrogen-bond donors (Lipinski definition) is 0. The van der Waals surface area contributed by atoms with Crippen molar-refractivity contribution in [3.8, 4) is 0 Å². The van der Waals surface area contributed by atoms with E-state index in [-0.39, 0.29) is 0 Å². The zero-order valence-corrected chi connectivity index (χ0v) is 15.5. The Morgan fingerprint density at radius 3 is 2.32 bits per heavy atom. The Labute approximate surface area is 140 Å². The number of hydrogen-bond acceptors (Lipinski definition) is 3. The second-order valence-electron chi connectivity index (χ2n) is 7.67. The van der Waals surface area contributed by atoms with E-state index >= 15 is 0 Å². The SMILES string of the molecule is Cc1cc(C)nc(CC(=S)N2CCN(CC(C)(C)C)CC2)c1. The quantitative estimate of drug-likeness (QED) is 0.796. The largest absolute Gasteiger partial charge is 0.363 e. The maximum Gasteiger partial charge on any atom is 0.0840 e. The van der Waals surface area contributed by atoms with E-state index in [0.717, 1.165) is 55.5 Å². The zero-order chi connectivity index (χ0) is 16.3. The summed E-state index contributed by atoms with van der Waals surface area (Å²) < 4.78 is 0. The van der Waals surface area contributed by atoms with Crippen LogP contribution in [0.5, 0.6) is 0 Å². The van der Waals surface area contributed by atoms with Crippen molar-refractivity contribution in [2.75, 3.05) is 32.7 Å². The summed E-state index contributed by atoms with van der Waals surface area (Å²) in [5, 5.41) is 0. The number of aryl methyl sites for hydroxylation is 2. The van der Waals surface area contributed by atoms with Crippen LogP contribution in [-0.2, 0) is 6.42 Å². The van der Waals surface area contributed by atoms with Crippen molar-refractivity contribution in [2.24, 2.45) is 5.41 Å². The molecule has 0 N–H and O–H groups in total. The topological polar surface area (TPSA) is 19.4 Å². The van der Waals surface area contributed by atoms with E-state index in [9.17, 15) is 0 Å². The minimum atomic E-state index is 0.367. The lowest BCUT2D eigenvalue weighted by Gasteiger charge is -2.38. The number of thiocarbonyl (C=S) groups is 1. The van der Waals surface area contributed by atoms with Crippen LogP contribution in [-0.4, -0.2) is 52.5 Å². The lowest BCUT2D eigenvalue weighted by Crippen LogP contribution is -2.50. The van der Waals surface area contributed by atoms with Crippen LogP contribution in [0.3, 0.4) is 0 Å². The van der Waals surface area contributed by atoms with Crippen molar-refractivity contribution in [1.82, 2.24) is 14.8 Å². The molecule has 0 spiro atoms. The van der Waals surface area contributed by atoms with Gasteiger partial charge in [-0.3, -0.25) is 9.88 Å². The molecule has 1 aliphatic heterocycles. The molecule has 1 aromatic rings. The van der Waals surface area contributed by atoms with Gasteiger partial charge in [-0.25, -0.2) is 0 Å². The summed E-state index contributed by atoms with van der Waals surface area (Å²) in [5.41, 5.74) is 3.80. The molecule has 3 nitrogen and oxygen atoms in total. The molecule has 0 aliphatic carbocycles. The Kier molecular flexibility index (Phi) is 5.56. The van der Waals surface area contributed by atoms with E-state index in [1.165, 1.54) is 5.56 Å². The number of nitrogens with zero attached hydrogens (tertiary/aromatic N) is 3. The fourth-order valence-electron chi connectivity index (χ4n) is 3.11. The molecular weight excluding hydrogens is 290 g/mol. The van der Waals surface area contributed by atoms with E-state index in [2.05, 4.69) is 54.6 Å². The summed E-state index contributed by atoms with van der Waals surface area (Å²) in [7, 11) is 0. The van der Waals surface area contributed by atoms with Crippen LogP contribution >= 0.6 is 12.2 Å². The maximum absolute atomic E-state index is 5.66. The highest BCUT2D eigenvalue weighted by Gasteiger charge is 2.22. The second-order valence-corrected chi connectivity index (χ2v) is 8.14. The molecule has 0 radical (unpaired) electrons. The van der Waals surface area contributed by atoms with Gasteiger partial charge >= 0.3 is 0 Å². The Morgan fingerprint density at radius 1 is 1.14 bits per heavy atom. The highest BCUT2D eigenvalue weighted by molar-refractivity contribution is 7.80. The Morgan fingerprint density at radius 2 is 1.77 bits per heavy atom. The molecule has 1 saturated heterocycles. The minimum Gasteiger partial charge on any atom is -0.363 e. The van der Waals surface area contributed by atoms with Crippen molar-refractivity contribution in [1.29, 1.82) is 0 Å². The third kappa shape index (κ3) is 5.33. The fourth-order valence-corrected chi connectivity index (χ4v) is 3.44. The molecule has 4 heteroatoms. The molecule has 0 saturated carbocycles. The number of rotatable bonds is 3. The first-order valence-corrected chi connectivity index (χ1v) is 8.58. The van der Waals surface area contributed by atoms with Gasteiger partial charge in [0.25, 0.3) is 0 Å². The van der Waals surface area contributed by atoms with Crippen LogP contribution in [0.1, 0.15) is 37.7 Å². The lowest BCUT2D eigenvalue weighted by molar-refractivity contribution is 0.136. The first-order valence-electron chi connectivity index (χ1n) is 8.17. The smallest absolute Gasteiger partial charge is 0.0840 e. The molecule has 22 heavy (non-hydrogen) atoms. The standard InChI is InChI=1S/C18H29N3S/c1-14-10-15(2)19-16(11-14)12-17(22)21-8-6-20(7-9-21)13-18(3,4)5/h10-11H,6-9,12-13H2,1-5H3. The molecule has 1 aliphatic rings. The summed E-state index contributed by atoms with van der Waals surface area (Å²) in [6, 6.07) is 4.26. The normalized spacial score (nSPS) is 16.9. The van der Waals surface area contributed by atoms with Gasteiger partial charge in [0.15, 0.2) is 0 Å². The predicted molar refractivity (Wildman–Crippen MR) is 97.5 cm³/mol. The Bertz CT molecular complexity index is 505. The van der Waals surface area contributed by atoms with Gasteiger partial charge < -0.3 is 4.90 Å². The van der Waals surface area contributed by atoms with Gasteiger partial charge in [0.1, 0.15) is 0 Å². The summed E-state index contributed by atoms with van der Waals surface area (Å²) in [4.78, 5) is 10.5. The van der Waals surface area contributed by atoms with Gasteiger partial charge in [0, 0.05) is 50.5 Å². The van der Waals surface area contributed by atoms with Crippen molar-refractivity contribution in [3.05, 3.63) is 29.1 Å². The third-order valence-corrected chi connectivity index (χ3v) is 4.31. The molecule has 0 aromatic carbocycles. The van der Waals surface area contributed by atoms with Crippen LogP contribution in [0.25, 0.3) is 0 Å². The van der Waals surface area contributed by atoms with Crippen molar-refractivity contribution in [3.63, 3.8) is 0 Å². The van der Waals surface area contributed by atoms with Crippen LogP contribution in [0.4, 0.5) is 0 Å². The zero-order valence-electron chi connectivity index (χ0n) is 14.6. The summed E-state index contributed by atoms with van der Waals surface area (Å²) in [6.07, 6.45) is 0.789. The monoisotopic (exact) mass is 319 g/mol. The van der Waals surface area contributed by atoms with E-state index in [1.54, 1.807) is 0 Å². The second kappa shape index (κ2) is 7.05. The predicted octanol–water partition coefficient (Wildman–Crippen LogP) is 3.23. The average Bonchev–Trinajstić information content (AvgIpc) is 2.36. The van der Waals surface area contributed by atoms with Gasteiger partial charge in [-0.2, -0.15) is 0 Å². The highest BCUT2D eigenvalue weighted by Crippen LogP contribution is 2.17. The van der Waals surface area contributed by atoms with Crippen LogP contribution in [0.2, 0.25) is 0 Å². The Hall–Kier alpha value is -1.00. The molecule has 0 unspecified atom stereocenters. The summed E-state index contributed by atoms with van der Waals surface area (Å²) in [5.74, 6) is 0. The average molecular weight is 320 g/mol. The molecule has 1 aromatic heterocycles. The van der Waals surface area contributed by atoms with E-state index in [4.69, 9.17) is 12.2 Å². The molecule has 1 fully saturated rings. The molecule has 0 amide bonds. The van der Waals surface area contributed by atoms with Gasteiger partial charge in [-0.05, 0) is 37.0 Å². The van der Waals surface area contributed by atoms with Crippen molar-refractivity contribution < 1.29 is 0 Å². The Balaban J connectivity index is 1.87. The fraction of sp³-hybridized carbons (Fsp3) is 0.667. The highest BCUT2D eigenvalue weighted by atomic mass is 32.1. The van der Waals surface area contributed by atoms with E-state index in [1.807, 2.05) is 6.92 Å². The van der Waals surface area contributed by atoms with Gasteiger partial charge in [0.2, 0.25) is 0 Å².